The summed E-state index contributed by atoms with van der Waals surface area (Å²) in [5, 5.41) is 14.1. The Morgan fingerprint density at radius 2 is 2.09 bits per heavy atom. The SMILES string of the molecule is Cc1ccc(OCC(=O)Nc2ccc(C)c(Cl)c2)c([N+](=O)[O-])n1. The smallest absolute Gasteiger partial charge is 0.406 e. The van der Waals surface area contributed by atoms with Crippen molar-refractivity contribution in [1.82, 2.24) is 4.98 Å². The Balaban J connectivity index is 2.02. The van der Waals surface area contributed by atoms with E-state index in [-0.39, 0.29) is 12.4 Å². The molecule has 0 atom stereocenters. The lowest BCUT2D eigenvalue weighted by Gasteiger charge is -2.08. The topological polar surface area (TPSA) is 94.4 Å². The molecule has 0 aliphatic carbocycles. The van der Waals surface area contributed by atoms with Crippen molar-refractivity contribution in [3.63, 3.8) is 0 Å². The Morgan fingerprint density at radius 1 is 1.35 bits per heavy atom. The summed E-state index contributed by atoms with van der Waals surface area (Å²) >= 11 is 5.97. The number of rotatable bonds is 5. The molecular weight excluding hydrogens is 322 g/mol. The number of anilines is 1. The number of nitrogens with zero attached hydrogens (tertiary/aromatic N) is 2. The number of carbonyl (C=O) groups excluding carboxylic acids is 1. The second kappa shape index (κ2) is 7.06. The van der Waals surface area contributed by atoms with Gasteiger partial charge in [-0.1, -0.05) is 17.7 Å². The predicted octanol–water partition coefficient (Wildman–Crippen LogP) is 3.28. The standard InChI is InChI=1S/C15H14ClN3O4/c1-9-3-5-11(7-12(9)16)18-14(20)8-23-13-6-4-10(2)17-15(13)19(21)22/h3-7H,8H2,1-2H3,(H,18,20). The third-order valence-electron chi connectivity index (χ3n) is 2.97. The Kier molecular flexibility index (Phi) is 5.13. The molecular formula is C15H14ClN3O4. The van der Waals surface area contributed by atoms with Gasteiger partial charge >= 0.3 is 5.82 Å². The quantitative estimate of drug-likeness (QED) is 0.668. The molecule has 7 nitrogen and oxygen atoms in total. The summed E-state index contributed by atoms with van der Waals surface area (Å²) in [6.45, 7) is 3.10. The van der Waals surface area contributed by atoms with E-state index in [0.29, 0.717) is 16.4 Å². The number of carbonyl (C=O) groups is 1. The molecule has 0 radical (unpaired) electrons. The highest BCUT2D eigenvalue weighted by Crippen LogP contribution is 2.24. The number of nitrogens with one attached hydrogen (secondary N) is 1. The molecule has 0 saturated heterocycles. The predicted molar refractivity (Wildman–Crippen MR) is 85.9 cm³/mol. The van der Waals surface area contributed by atoms with E-state index >= 15 is 0 Å². The van der Waals surface area contributed by atoms with Gasteiger partial charge in [-0.25, -0.2) is 0 Å². The molecule has 1 aromatic carbocycles. The summed E-state index contributed by atoms with van der Waals surface area (Å²) < 4.78 is 5.19. The zero-order chi connectivity index (χ0) is 17.0. The molecule has 0 spiro atoms. The van der Waals surface area contributed by atoms with Crippen LogP contribution in [0.15, 0.2) is 30.3 Å². The number of benzene rings is 1. The molecule has 120 valence electrons. The maximum Gasteiger partial charge on any atom is 0.406 e. The van der Waals surface area contributed by atoms with Gasteiger partial charge in [0.15, 0.2) is 6.61 Å². The van der Waals surface area contributed by atoms with Crippen LogP contribution in [0.5, 0.6) is 5.75 Å². The maximum atomic E-state index is 11.9. The Morgan fingerprint density at radius 3 is 2.74 bits per heavy atom. The summed E-state index contributed by atoms with van der Waals surface area (Å²) in [7, 11) is 0. The second-order valence-corrected chi connectivity index (χ2v) is 5.24. The maximum absolute atomic E-state index is 11.9. The monoisotopic (exact) mass is 335 g/mol. The summed E-state index contributed by atoms with van der Waals surface area (Å²) in [5.41, 5.74) is 1.90. The molecule has 0 saturated carbocycles. The average Bonchev–Trinajstić information content (AvgIpc) is 2.49. The zero-order valence-electron chi connectivity index (χ0n) is 12.5. The molecule has 0 aliphatic rings. The van der Waals surface area contributed by atoms with E-state index < -0.39 is 16.6 Å². The summed E-state index contributed by atoms with van der Waals surface area (Å²) in [4.78, 5) is 25.9. The molecule has 0 bridgehead atoms. The van der Waals surface area contributed by atoms with E-state index in [0.717, 1.165) is 5.56 Å². The summed E-state index contributed by atoms with van der Waals surface area (Å²) in [5.74, 6) is -0.936. The lowest BCUT2D eigenvalue weighted by Crippen LogP contribution is -2.20. The molecule has 1 N–H and O–H groups in total. The van der Waals surface area contributed by atoms with Crippen LogP contribution in [0, 0.1) is 24.0 Å². The molecule has 2 aromatic rings. The van der Waals surface area contributed by atoms with Crippen LogP contribution in [-0.4, -0.2) is 22.4 Å². The van der Waals surface area contributed by atoms with Gasteiger partial charge < -0.3 is 20.2 Å². The summed E-state index contributed by atoms with van der Waals surface area (Å²) in [6, 6.07) is 8.07. The van der Waals surface area contributed by atoms with Crippen LogP contribution >= 0.6 is 11.6 Å². The van der Waals surface area contributed by atoms with Crippen LogP contribution < -0.4 is 10.1 Å². The molecule has 0 fully saturated rings. The lowest BCUT2D eigenvalue weighted by molar-refractivity contribution is -0.390. The first kappa shape index (κ1) is 16.7. The van der Waals surface area contributed by atoms with E-state index in [9.17, 15) is 14.9 Å². The summed E-state index contributed by atoms with van der Waals surface area (Å²) in [6.07, 6.45) is 0. The molecule has 0 aliphatic heterocycles. The second-order valence-electron chi connectivity index (χ2n) is 4.83. The van der Waals surface area contributed by atoms with Crippen LogP contribution in [0.2, 0.25) is 5.02 Å². The molecule has 23 heavy (non-hydrogen) atoms. The lowest BCUT2D eigenvalue weighted by atomic mass is 10.2. The molecule has 1 amide bonds. The van der Waals surface area contributed by atoms with Crippen molar-refractivity contribution in [3.8, 4) is 5.75 Å². The fourth-order valence-electron chi connectivity index (χ4n) is 1.78. The van der Waals surface area contributed by atoms with E-state index in [1.807, 2.05) is 6.92 Å². The van der Waals surface area contributed by atoms with Gasteiger partial charge in [0.2, 0.25) is 5.75 Å². The number of nitro groups is 1. The minimum atomic E-state index is -0.653. The first-order valence-corrected chi connectivity index (χ1v) is 7.05. The Hall–Kier alpha value is -2.67. The van der Waals surface area contributed by atoms with E-state index in [1.54, 1.807) is 31.2 Å². The van der Waals surface area contributed by atoms with Crippen molar-refractivity contribution >= 4 is 29.0 Å². The number of ether oxygens (including phenoxy) is 1. The number of hydrogen-bond donors (Lipinski definition) is 1. The van der Waals surface area contributed by atoms with Crippen molar-refractivity contribution in [2.45, 2.75) is 13.8 Å². The van der Waals surface area contributed by atoms with Crippen LogP contribution in [-0.2, 0) is 4.79 Å². The van der Waals surface area contributed by atoms with Crippen molar-refractivity contribution in [1.29, 1.82) is 0 Å². The van der Waals surface area contributed by atoms with Gasteiger partial charge in [0.05, 0.1) is 0 Å². The van der Waals surface area contributed by atoms with Crippen molar-refractivity contribution in [3.05, 3.63) is 56.7 Å². The molecule has 1 aromatic heterocycles. The third kappa shape index (κ3) is 4.40. The number of aryl methyl sites for hydroxylation is 2. The molecule has 0 unspecified atom stereocenters. The van der Waals surface area contributed by atoms with Gasteiger partial charge in [-0.2, -0.15) is 0 Å². The van der Waals surface area contributed by atoms with Crippen LogP contribution in [0.25, 0.3) is 0 Å². The Bertz CT molecular complexity index is 764. The van der Waals surface area contributed by atoms with Crippen LogP contribution in [0.3, 0.4) is 0 Å². The average molecular weight is 336 g/mol. The fraction of sp³-hybridized carbons (Fsp3) is 0.200. The number of halogens is 1. The van der Waals surface area contributed by atoms with E-state index in [2.05, 4.69) is 10.3 Å². The molecule has 2 rings (SSSR count). The number of hydrogen-bond acceptors (Lipinski definition) is 5. The Labute approximate surface area is 137 Å². The normalized spacial score (nSPS) is 10.2. The van der Waals surface area contributed by atoms with Gasteiger partial charge in [-0.15, -0.1) is 0 Å². The minimum absolute atomic E-state index is 0.0577. The van der Waals surface area contributed by atoms with Crippen molar-refractivity contribution in [2.75, 3.05) is 11.9 Å². The zero-order valence-corrected chi connectivity index (χ0v) is 13.3. The molecule has 8 heteroatoms. The number of aromatic nitrogens is 1. The third-order valence-corrected chi connectivity index (χ3v) is 3.37. The van der Waals surface area contributed by atoms with Crippen LogP contribution in [0.1, 0.15) is 11.3 Å². The fourth-order valence-corrected chi connectivity index (χ4v) is 1.97. The molecule has 1 heterocycles. The van der Waals surface area contributed by atoms with Gasteiger partial charge in [0.25, 0.3) is 5.91 Å². The van der Waals surface area contributed by atoms with Gasteiger partial charge in [0.1, 0.15) is 5.69 Å². The van der Waals surface area contributed by atoms with Gasteiger partial charge in [-0.05, 0) is 46.7 Å². The highest BCUT2D eigenvalue weighted by molar-refractivity contribution is 6.31. The number of pyridine rings is 1. The highest BCUT2D eigenvalue weighted by atomic mass is 35.5. The minimum Gasteiger partial charge on any atom is -0.476 e. The highest BCUT2D eigenvalue weighted by Gasteiger charge is 2.18. The first-order chi connectivity index (χ1) is 10.9. The number of amides is 1. The van der Waals surface area contributed by atoms with Gasteiger partial charge in [-0.3, -0.25) is 4.79 Å². The van der Waals surface area contributed by atoms with Crippen LogP contribution in [0.4, 0.5) is 11.5 Å². The largest absolute Gasteiger partial charge is 0.476 e. The van der Waals surface area contributed by atoms with Gasteiger partial charge in [0, 0.05) is 17.6 Å². The van der Waals surface area contributed by atoms with Crippen molar-refractivity contribution in [2.24, 2.45) is 0 Å². The first-order valence-electron chi connectivity index (χ1n) is 6.67. The van der Waals surface area contributed by atoms with Crippen molar-refractivity contribution < 1.29 is 14.5 Å². The van der Waals surface area contributed by atoms with E-state index in [4.69, 9.17) is 16.3 Å². The van der Waals surface area contributed by atoms with E-state index in [1.165, 1.54) is 6.07 Å².